The maximum atomic E-state index is 12.9. The van der Waals surface area contributed by atoms with Gasteiger partial charge in [0.25, 0.3) is 0 Å². The lowest BCUT2D eigenvalue weighted by atomic mass is 10.0. The average Bonchev–Trinajstić information content (AvgIpc) is 3.23. The summed E-state index contributed by atoms with van der Waals surface area (Å²) in [7, 11) is 1.55. The summed E-state index contributed by atoms with van der Waals surface area (Å²) in [6.45, 7) is 4.79. The summed E-state index contributed by atoms with van der Waals surface area (Å²) in [6, 6.07) is -0.864. The highest BCUT2D eigenvalue weighted by Crippen LogP contribution is 2.43. The molecular formula is C53H102N2O6P+. The van der Waals surface area contributed by atoms with E-state index in [1.165, 1.54) is 167 Å². The smallest absolute Gasteiger partial charge is 0.387 e. The van der Waals surface area contributed by atoms with Crippen molar-refractivity contribution in [1.82, 2.24) is 5.32 Å². The number of amides is 1. The number of phosphoric ester groups is 1. The van der Waals surface area contributed by atoms with Gasteiger partial charge >= 0.3 is 7.82 Å². The Morgan fingerprint density at radius 1 is 0.548 bits per heavy atom. The molecule has 0 saturated heterocycles. The number of hydrogen-bond donors (Lipinski definition) is 3. The molecule has 0 aliphatic rings. The van der Waals surface area contributed by atoms with E-state index >= 15 is 0 Å². The number of carbonyl (C=O) groups excluding carboxylic acids is 1. The lowest BCUT2D eigenvalue weighted by molar-refractivity contribution is -0.870. The number of nitrogens with zero attached hydrogens (tertiary/aromatic N) is 1. The summed E-state index contributed by atoms with van der Waals surface area (Å²) in [5.74, 6) is -0.190. The highest BCUT2D eigenvalue weighted by molar-refractivity contribution is 7.47. The molecule has 0 aromatic rings. The molecule has 9 heteroatoms. The van der Waals surface area contributed by atoms with Gasteiger partial charge in [-0.15, -0.1) is 0 Å². The van der Waals surface area contributed by atoms with Crippen molar-refractivity contribution in [1.29, 1.82) is 0 Å². The molecule has 0 spiro atoms. The monoisotopic (exact) mass is 894 g/mol. The number of phosphoric acid groups is 1. The van der Waals surface area contributed by atoms with Gasteiger partial charge in [-0.1, -0.05) is 210 Å². The van der Waals surface area contributed by atoms with Crippen molar-refractivity contribution in [2.24, 2.45) is 0 Å². The third-order valence-electron chi connectivity index (χ3n) is 11.5. The number of hydrogen-bond acceptors (Lipinski definition) is 5. The topological polar surface area (TPSA) is 105 Å². The van der Waals surface area contributed by atoms with E-state index in [2.05, 4.69) is 55.6 Å². The number of carbonyl (C=O) groups is 1. The van der Waals surface area contributed by atoms with Gasteiger partial charge in [0.15, 0.2) is 0 Å². The van der Waals surface area contributed by atoms with Gasteiger partial charge in [0.2, 0.25) is 5.91 Å². The van der Waals surface area contributed by atoms with Gasteiger partial charge in [0.05, 0.1) is 39.9 Å². The molecule has 0 aliphatic carbocycles. The zero-order chi connectivity index (χ0) is 45.7. The molecule has 0 fully saturated rings. The first-order valence-electron chi connectivity index (χ1n) is 26.0. The summed E-state index contributed by atoms with van der Waals surface area (Å²) >= 11 is 0. The van der Waals surface area contributed by atoms with E-state index < -0.39 is 20.0 Å². The summed E-state index contributed by atoms with van der Waals surface area (Å²) in [5.41, 5.74) is 0. The highest BCUT2D eigenvalue weighted by Gasteiger charge is 2.27. The summed E-state index contributed by atoms with van der Waals surface area (Å²) in [6.07, 6.45) is 57.8. The molecule has 0 aliphatic heterocycles. The molecule has 0 radical (unpaired) electrons. The largest absolute Gasteiger partial charge is 0.472 e. The third kappa shape index (κ3) is 46.5. The van der Waals surface area contributed by atoms with Gasteiger partial charge in [0, 0.05) is 6.42 Å². The molecule has 0 aromatic carbocycles. The van der Waals surface area contributed by atoms with Crippen LogP contribution in [0, 0.1) is 0 Å². The lowest BCUT2D eigenvalue weighted by Crippen LogP contribution is -2.45. The molecule has 3 N–H and O–H groups in total. The van der Waals surface area contributed by atoms with Crippen LogP contribution in [0.15, 0.2) is 48.6 Å². The second-order valence-corrected chi connectivity index (χ2v) is 20.3. The van der Waals surface area contributed by atoms with Crippen LogP contribution in [0.5, 0.6) is 0 Å². The molecule has 0 heterocycles. The fourth-order valence-corrected chi connectivity index (χ4v) is 8.12. The van der Waals surface area contributed by atoms with Gasteiger partial charge < -0.3 is 19.8 Å². The maximum Gasteiger partial charge on any atom is 0.472 e. The summed E-state index contributed by atoms with van der Waals surface area (Å²) in [4.78, 5) is 23.2. The summed E-state index contributed by atoms with van der Waals surface area (Å²) < 4.78 is 23.6. The van der Waals surface area contributed by atoms with E-state index in [0.29, 0.717) is 17.4 Å². The fraction of sp³-hybridized carbons (Fsp3) is 0.830. The van der Waals surface area contributed by atoms with Crippen LogP contribution in [0.2, 0.25) is 0 Å². The first-order chi connectivity index (χ1) is 30.0. The number of aliphatic hydroxyl groups excluding tert-OH is 1. The molecule has 62 heavy (non-hydrogen) atoms. The Balaban J connectivity index is 4.21. The zero-order valence-corrected chi connectivity index (χ0v) is 42.3. The molecule has 0 bridgehead atoms. The normalized spacial score (nSPS) is 14.5. The Bertz CT molecular complexity index is 1150. The lowest BCUT2D eigenvalue weighted by Gasteiger charge is -2.25. The summed E-state index contributed by atoms with van der Waals surface area (Å²) in [5, 5.41) is 13.8. The van der Waals surface area contributed by atoms with Crippen molar-refractivity contribution < 1.29 is 32.9 Å². The SMILES string of the molecule is CCCCCCCCC/C=C/CC/C=C/C(O)C(COP(=O)(O)OCC[N+](C)(C)C)NC(=O)CCCCCCCCCCCCC/C=C\C/C=C\CCCCCCCCCCC. The number of nitrogens with one attached hydrogen (secondary N) is 1. The van der Waals surface area contributed by atoms with Crippen LogP contribution < -0.4 is 5.32 Å². The van der Waals surface area contributed by atoms with Crippen LogP contribution in [0.4, 0.5) is 0 Å². The van der Waals surface area contributed by atoms with Crippen LogP contribution in [-0.4, -0.2) is 73.4 Å². The Morgan fingerprint density at radius 3 is 1.39 bits per heavy atom. The zero-order valence-electron chi connectivity index (χ0n) is 41.4. The Morgan fingerprint density at radius 2 is 0.935 bits per heavy atom. The van der Waals surface area contributed by atoms with E-state index in [0.717, 1.165) is 44.9 Å². The van der Waals surface area contributed by atoms with Crippen LogP contribution in [0.25, 0.3) is 0 Å². The second kappa shape index (κ2) is 44.7. The average molecular weight is 894 g/mol. The second-order valence-electron chi connectivity index (χ2n) is 18.9. The van der Waals surface area contributed by atoms with Gasteiger partial charge in [-0.25, -0.2) is 4.57 Å². The quantitative estimate of drug-likeness (QED) is 0.0243. The van der Waals surface area contributed by atoms with Gasteiger partial charge in [-0.2, -0.15) is 0 Å². The first-order valence-corrected chi connectivity index (χ1v) is 27.5. The van der Waals surface area contributed by atoms with Crippen molar-refractivity contribution >= 4 is 13.7 Å². The molecule has 8 nitrogen and oxygen atoms in total. The predicted molar refractivity (Wildman–Crippen MR) is 267 cm³/mol. The molecule has 1 amide bonds. The van der Waals surface area contributed by atoms with Gasteiger partial charge in [-0.05, 0) is 64.2 Å². The molecule has 0 aromatic heterocycles. The Hall–Kier alpha value is -1.54. The van der Waals surface area contributed by atoms with Crippen molar-refractivity contribution in [2.75, 3.05) is 40.9 Å². The Labute approximate surface area is 384 Å². The van der Waals surface area contributed by atoms with Crippen molar-refractivity contribution in [3.63, 3.8) is 0 Å². The third-order valence-corrected chi connectivity index (χ3v) is 12.5. The van der Waals surface area contributed by atoms with E-state index in [-0.39, 0.29) is 19.1 Å². The van der Waals surface area contributed by atoms with E-state index in [1.54, 1.807) is 6.08 Å². The number of unbranched alkanes of at least 4 members (excludes halogenated alkanes) is 28. The van der Waals surface area contributed by atoms with Crippen LogP contribution in [0.1, 0.15) is 232 Å². The highest BCUT2D eigenvalue weighted by atomic mass is 31.2. The number of quaternary nitrogens is 1. The van der Waals surface area contributed by atoms with Crippen molar-refractivity contribution in [3.8, 4) is 0 Å². The van der Waals surface area contributed by atoms with E-state index in [9.17, 15) is 19.4 Å². The van der Waals surface area contributed by atoms with Crippen LogP contribution in [-0.2, 0) is 18.4 Å². The van der Waals surface area contributed by atoms with Crippen molar-refractivity contribution in [3.05, 3.63) is 48.6 Å². The number of aliphatic hydroxyl groups is 1. The minimum atomic E-state index is -4.35. The standard InChI is InChI=1S/C53H101N2O6P/c1-6-8-10-12-14-16-18-20-21-22-23-24-25-26-27-28-29-30-31-32-33-35-37-39-41-43-45-47-53(57)54-51(50-61-62(58,59)60-49-48-55(3,4)5)52(56)46-44-42-40-38-36-34-19-17-15-13-11-9-7-2/h23-24,26-27,36,38,44,46,51-52,56H,6-22,25,28-35,37,39-43,45,47-50H2,1-5H3,(H-,54,57,58,59)/p+1/b24-23-,27-26-,38-36+,46-44+. The van der Waals surface area contributed by atoms with Gasteiger partial charge in [0.1, 0.15) is 13.2 Å². The predicted octanol–water partition coefficient (Wildman–Crippen LogP) is 15.2. The molecule has 3 atom stereocenters. The number of allylic oxidation sites excluding steroid dienone is 7. The fourth-order valence-electron chi connectivity index (χ4n) is 7.38. The minimum absolute atomic E-state index is 0.0549. The van der Waals surface area contributed by atoms with Crippen LogP contribution in [0.3, 0.4) is 0 Å². The van der Waals surface area contributed by atoms with E-state index in [1.807, 2.05) is 27.2 Å². The Kier molecular flexibility index (Phi) is 43.5. The maximum absolute atomic E-state index is 12.9. The van der Waals surface area contributed by atoms with E-state index in [4.69, 9.17) is 9.05 Å². The van der Waals surface area contributed by atoms with Crippen molar-refractivity contribution in [2.45, 2.75) is 244 Å². The molecule has 364 valence electrons. The minimum Gasteiger partial charge on any atom is -0.387 e. The van der Waals surface area contributed by atoms with Crippen LogP contribution >= 0.6 is 7.82 Å². The van der Waals surface area contributed by atoms with Gasteiger partial charge in [-0.3, -0.25) is 13.8 Å². The molecule has 3 unspecified atom stereocenters. The molecular weight excluding hydrogens is 792 g/mol. The molecule has 0 rings (SSSR count). The molecule has 0 saturated carbocycles. The number of rotatable bonds is 47. The number of likely N-dealkylation sites (N-methyl/N-ethyl adjacent to an activating group) is 1. The first kappa shape index (κ1) is 60.5.